The summed E-state index contributed by atoms with van der Waals surface area (Å²) in [6, 6.07) is 5.33. The molecule has 4 heteroatoms. The highest BCUT2D eigenvalue weighted by atomic mass is 16.5. The lowest BCUT2D eigenvalue weighted by Crippen LogP contribution is -2.20. The van der Waals surface area contributed by atoms with E-state index in [1.165, 1.54) is 12.5 Å². The third-order valence-electron chi connectivity index (χ3n) is 4.83. The van der Waals surface area contributed by atoms with Gasteiger partial charge in [-0.15, -0.1) is 0 Å². The van der Waals surface area contributed by atoms with Crippen LogP contribution in [-0.4, -0.2) is 5.97 Å². The first-order chi connectivity index (χ1) is 11.1. The minimum atomic E-state index is -0.407. The molecule has 2 aromatic rings. The van der Waals surface area contributed by atoms with Gasteiger partial charge in [-0.1, -0.05) is 31.4 Å². The van der Waals surface area contributed by atoms with E-state index in [1.54, 1.807) is 0 Å². The van der Waals surface area contributed by atoms with Crippen LogP contribution in [0.4, 0.5) is 0 Å². The fourth-order valence-corrected chi connectivity index (χ4v) is 3.25. The summed E-state index contributed by atoms with van der Waals surface area (Å²) in [6.45, 7) is 4.03. The Labute approximate surface area is 135 Å². The molecule has 1 saturated carbocycles. The minimum Gasteiger partial charge on any atom is -0.461 e. The highest BCUT2D eigenvalue weighted by Gasteiger charge is 2.22. The van der Waals surface area contributed by atoms with Gasteiger partial charge in [-0.2, -0.15) is 0 Å². The zero-order valence-corrected chi connectivity index (χ0v) is 13.7. The van der Waals surface area contributed by atoms with E-state index in [1.807, 2.05) is 26.0 Å². The summed E-state index contributed by atoms with van der Waals surface area (Å²) in [5, 5.41) is 0.837. The van der Waals surface area contributed by atoms with Crippen molar-refractivity contribution in [1.82, 2.24) is 0 Å². The summed E-state index contributed by atoms with van der Waals surface area (Å²) >= 11 is 0. The summed E-state index contributed by atoms with van der Waals surface area (Å²) in [5.41, 5.74) is 2.90. The van der Waals surface area contributed by atoms with E-state index in [4.69, 9.17) is 9.15 Å². The lowest BCUT2D eigenvalue weighted by molar-refractivity contribution is -0.151. The first-order valence-electron chi connectivity index (χ1n) is 8.26. The van der Waals surface area contributed by atoms with Gasteiger partial charge in [0.2, 0.25) is 0 Å². The lowest BCUT2D eigenvalue weighted by Gasteiger charge is -2.20. The van der Waals surface area contributed by atoms with Gasteiger partial charge in [-0.05, 0) is 37.8 Å². The molecule has 1 aliphatic carbocycles. The van der Waals surface area contributed by atoms with Crippen LogP contribution in [0.1, 0.15) is 48.8 Å². The molecule has 122 valence electrons. The van der Waals surface area contributed by atoms with E-state index in [0.29, 0.717) is 11.1 Å². The van der Waals surface area contributed by atoms with Crippen molar-refractivity contribution in [3.05, 3.63) is 45.3 Å². The topological polar surface area (TPSA) is 56.5 Å². The number of aryl methyl sites for hydroxylation is 2. The number of ether oxygens (including phenoxy) is 1. The van der Waals surface area contributed by atoms with E-state index >= 15 is 0 Å². The van der Waals surface area contributed by atoms with Gasteiger partial charge in [0.05, 0.1) is 5.92 Å². The van der Waals surface area contributed by atoms with Crippen molar-refractivity contribution in [1.29, 1.82) is 0 Å². The third-order valence-corrected chi connectivity index (χ3v) is 4.83. The molecule has 0 amide bonds. The smallest absolute Gasteiger partial charge is 0.336 e. The standard InChI is InChI=1S/C19H22O4/c1-12-8-9-16-15(10-17(20)23-18(16)13(12)2)11-22-19(21)14-6-4-3-5-7-14/h8-10,14H,3-7,11H2,1-2H3. The number of carbonyl (C=O) groups excluding carboxylic acids is 1. The molecule has 0 radical (unpaired) electrons. The van der Waals surface area contributed by atoms with Gasteiger partial charge in [-0.25, -0.2) is 4.79 Å². The molecule has 0 N–H and O–H groups in total. The second kappa shape index (κ2) is 6.57. The quantitative estimate of drug-likeness (QED) is 0.634. The average Bonchev–Trinajstić information content (AvgIpc) is 2.57. The molecule has 0 saturated heterocycles. The molecule has 0 aliphatic heterocycles. The van der Waals surface area contributed by atoms with E-state index < -0.39 is 5.63 Å². The number of hydrogen-bond acceptors (Lipinski definition) is 4. The molecule has 0 atom stereocenters. The second-order valence-electron chi connectivity index (χ2n) is 6.42. The van der Waals surface area contributed by atoms with Gasteiger partial charge in [-0.3, -0.25) is 4.79 Å². The monoisotopic (exact) mass is 314 g/mol. The molecule has 1 aromatic heterocycles. The predicted octanol–water partition coefficient (Wildman–Crippen LogP) is 4.03. The first-order valence-corrected chi connectivity index (χ1v) is 8.26. The highest BCUT2D eigenvalue weighted by molar-refractivity contribution is 5.84. The number of carbonyl (C=O) groups is 1. The van der Waals surface area contributed by atoms with Crippen LogP contribution in [0.15, 0.2) is 27.4 Å². The van der Waals surface area contributed by atoms with Crippen molar-refractivity contribution in [2.24, 2.45) is 5.92 Å². The first kappa shape index (κ1) is 15.8. The van der Waals surface area contributed by atoms with Gasteiger partial charge in [0.25, 0.3) is 0 Å². The predicted molar refractivity (Wildman–Crippen MR) is 88.3 cm³/mol. The van der Waals surface area contributed by atoms with Gasteiger partial charge in [0.1, 0.15) is 12.2 Å². The fourth-order valence-electron chi connectivity index (χ4n) is 3.25. The Balaban J connectivity index is 1.84. The normalized spacial score (nSPS) is 15.7. The highest BCUT2D eigenvalue weighted by Crippen LogP contribution is 2.26. The van der Waals surface area contributed by atoms with Gasteiger partial charge < -0.3 is 9.15 Å². The van der Waals surface area contributed by atoms with Crippen molar-refractivity contribution in [3.8, 4) is 0 Å². The van der Waals surface area contributed by atoms with Crippen molar-refractivity contribution in [3.63, 3.8) is 0 Å². The van der Waals surface area contributed by atoms with Crippen molar-refractivity contribution < 1.29 is 13.9 Å². The Morgan fingerprint density at radius 2 is 1.96 bits per heavy atom. The van der Waals surface area contributed by atoms with Gasteiger partial charge in [0, 0.05) is 17.0 Å². The zero-order valence-electron chi connectivity index (χ0n) is 13.7. The van der Waals surface area contributed by atoms with Gasteiger partial charge in [0.15, 0.2) is 0 Å². The molecule has 1 aromatic carbocycles. The van der Waals surface area contributed by atoms with E-state index in [9.17, 15) is 9.59 Å². The van der Waals surface area contributed by atoms with Crippen LogP contribution in [0, 0.1) is 19.8 Å². The molecule has 23 heavy (non-hydrogen) atoms. The Bertz CT molecular complexity index is 782. The maximum atomic E-state index is 12.2. The molecule has 0 unspecified atom stereocenters. The number of rotatable bonds is 3. The van der Waals surface area contributed by atoms with E-state index in [-0.39, 0.29) is 18.5 Å². The third kappa shape index (κ3) is 3.31. The second-order valence-corrected chi connectivity index (χ2v) is 6.42. The van der Waals surface area contributed by atoms with E-state index in [2.05, 4.69) is 0 Å². The van der Waals surface area contributed by atoms with Crippen LogP contribution in [0.3, 0.4) is 0 Å². The molecule has 1 heterocycles. The SMILES string of the molecule is Cc1ccc2c(COC(=O)C3CCCCC3)cc(=O)oc2c1C. The van der Waals surface area contributed by atoms with Crippen molar-refractivity contribution >= 4 is 16.9 Å². The number of hydrogen-bond donors (Lipinski definition) is 0. The molecule has 3 rings (SSSR count). The summed E-state index contributed by atoms with van der Waals surface area (Å²) < 4.78 is 10.8. The van der Waals surface area contributed by atoms with E-state index in [0.717, 1.165) is 42.2 Å². The minimum absolute atomic E-state index is 0.0131. The zero-order chi connectivity index (χ0) is 16.4. The average molecular weight is 314 g/mol. The fraction of sp³-hybridized carbons (Fsp3) is 0.474. The van der Waals surface area contributed by atoms with Gasteiger partial charge >= 0.3 is 11.6 Å². The maximum Gasteiger partial charge on any atom is 0.336 e. The van der Waals surface area contributed by atoms with Crippen LogP contribution >= 0.6 is 0 Å². The molecular formula is C19H22O4. The molecule has 1 aliphatic rings. The summed E-state index contributed by atoms with van der Waals surface area (Å²) in [6.07, 6.45) is 5.21. The van der Waals surface area contributed by atoms with Crippen LogP contribution in [0.2, 0.25) is 0 Å². The Kier molecular flexibility index (Phi) is 4.51. The molecule has 4 nitrogen and oxygen atoms in total. The molecule has 1 fully saturated rings. The Morgan fingerprint density at radius 1 is 1.22 bits per heavy atom. The van der Waals surface area contributed by atoms with Crippen LogP contribution < -0.4 is 5.63 Å². The van der Waals surface area contributed by atoms with Crippen molar-refractivity contribution in [2.75, 3.05) is 0 Å². The maximum absolute atomic E-state index is 12.2. The van der Waals surface area contributed by atoms with Crippen LogP contribution in [0.25, 0.3) is 11.0 Å². The van der Waals surface area contributed by atoms with Crippen LogP contribution in [0.5, 0.6) is 0 Å². The molecule has 0 bridgehead atoms. The number of benzene rings is 1. The Hall–Kier alpha value is -2.10. The summed E-state index contributed by atoms with van der Waals surface area (Å²) in [5.74, 6) is -0.131. The molecule has 0 spiro atoms. The van der Waals surface area contributed by atoms with Crippen molar-refractivity contribution in [2.45, 2.75) is 52.6 Å². The lowest BCUT2D eigenvalue weighted by atomic mass is 9.89. The summed E-state index contributed by atoms with van der Waals surface area (Å²) in [7, 11) is 0. The van der Waals surface area contributed by atoms with Crippen LogP contribution in [-0.2, 0) is 16.1 Å². The molecular weight excluding hydrogens is 292 g/mol. The Morgan fingerprint density at radius 3 is 2.70 bits per heavy atom. The number of esters is 1. The number of fused-ring (bicyclic) bond motifs is 1. The summed E-state index contributed by atoms with van der Waals surface area (Å²) in [4.78, 5) is 24.0. The largest absolute Gasteiger partial charge is 0.461 e.